The molecule has 0 aliphatic carbocycles. The standard InChI is InChI=1S/C10H10N2O.C2H6/c1-2-8-3-4-9(11-7-8)10-5-6-12-13-10;1-2/h3-7H,2H2,1H3;1-2H3. The first-order chi connectivity index (χ1) is 7.40. The molecule has 0 saturated carbocycles. The minimum Gasteiger partial charge on any atom is -0.355 e. The zero-order valence-corrected chi connectivity index (χ0v) is 9.40. The maximum Gasteiger partial charge on any atom is 0.185 e. The van der Waals surface area contributed by atoms with Crippen molar-refractivity contribution in [2.45, 2.75) is 27.2 Å². The lowest BCUT2D eigenvalue weighted by Gasteiger charge is -1.96. The Hall–Kier alpha value is -1.64. The van der Waals surface area contributed by atoms with Gasteiger partial charge in [-0.05, 0) is 18.1 Å². The Morgan fingerprint density at radius 3 is 2.47 bits per heavy atom. The van der Waals surface area contributed by atoms with Crippen LogP contribution in [0.2, 0.25) is 0 Å². The number of rotatable bonds is 2. The fraction of sp³-hybridized carbons (Fsp3) is 0.333. The van der Waals surface area contributed by atoms with Crippen LogP contribution < -0.4 is 0 Å². The summed E-state index contributed by atoms with van der Waals surface area (Å²) < 4.78 is 4.98. The summed E-state index contributed by atoms with van der Waals surface area (Å²) in [7, 11) is 0. The highest BCUT2D eigenvalue weighted by atomic mass is 16.5. The van der Waals surface area contributed by atoms with Crippen LogP contribution in [0.25, 0.3) is 11.5 Å². The van der Waals surface area contributed by atoms with Crippen LogP contribution in [0.3, 0.4) is 0 Å². The van der Waals surface area contributed by atoms with E-state index < -0.39 is 0 Å². The van der Waals surface area contributed by atoms with Crippen LogP contribution in [0.1, 0.15) is 26.3 Å². The molecule has 0 radical (unpaired) electrons. The number of pyridine rings is 1. The molecule has 0 saturated heterocycles. The van der Waals surface area contributed by atoms with E-state index in [1.54, 1.807) is 12.3 Å². The minimum absolute atomic E-state index is 0.711. The van der Waals surface area contributed by atoms with E-state index in [-0.39, 0.29) is 0 Å². The van der Waals surface area contributed by atoms with Gasteiger partial charge < -0.3 is 4.52 Å². The van der Waals surface area contributed by atoms with Gasteiger partial charge in [-0.1, -0.05) is 32.0 Å². The van der Waals surface area contributed by atoms with Crippen molar-refractivity contribution in [3.05, 3.63) is 36.2 Å². The molecule has 2 aromatic heterocycles. The van der Waals surface area contributed by atoms with Crippen LogP contribution in [-0.2, 0) is 6.42 Å². The Labute approximate surface area is 90.1 Å². The topological polar surface area (TPSA) is 38.9 Å². The summed E-state index contributed by atoms with van der Waals surface area (Å²) in [6, 6.07) is 5.79. The van der Waals surface area contributed by atoms with Gasteiger partial charge in [0.15, 0.2) is 5.76 Å². The van der Waals surface area contributed by atoms with Crippen LogP contribution in [0.4, 0.5) is 0 Å². The third-order valence-corrected chi connectivity index (χ3v) is 1.92. The molecular weight excluding hydrogens is 188 g/mol. The molecule has 2 aromatic rings. The lowest BCUT2D eigenvalue weighted by Crippen LogP contribution is -1.84. The fourth-order valence-electron chi connectivity index (χ4n) is 1.13. The fourth-order valence-corrected chi connectivity index (χ4v) is 1.13. The number of hydrogen-bond acceptors (Lipinski definition) is 3. The second kappa shape index (κ2) is 5.96. The van der Waals surface area contributed by atoms with Crippen molar-refractivity contribution in [1.29, 1.82) is 0 Å². The van der Waals surface area contributed by atoms with Gasteiger partial charge in [0.2, 0.25) is 0 Å². The summed E-state index contributed by atoms with van der Waals surface area (Å²) >= 11 is 0. The molecule has 0 N–H and O–H groups in total. The summed E-state index contributed by atoms with van der Waals surface area (Å²) in [5.74, 6) is 0.711. The third kappa shape index (κ3) is 2.91. The average Bonchev–Trinajstić information content (AvgIpc) is 2.85. The van der Waals surface area contributed by atoms with Crippen molar-refractivity contribution in [2.24, 2.45) is 0 Å². The molecule has 2 rings (SSSR count). The lowest BCUT2D eigenvalue weighted by molar-refractivity contribution is 0.431. The number of aromatic nitrogens is 2. The molecule has 15 heavy (non-hydrogen) atoms. The molecule has 2 heterocycles. The van der Waals surface area contributed by atoms with Gasteiger partial charge >= 0.3 is 0 Å². The molecular formula is C12H16N2O. The number of hydrogen-bond donors (Lipinski definition) is 0. The minimum atomic E-state index is 0.711. The molecule has 0 amide bonds. The molecule has 0 spiro atoms. The molecule has 3 heteroatoms. The molecule has 0 fully saturated rings. The molecule has 0 atom stereocenters. The smallest absolute Gasteiger partial charge is 0.185 e. The zero-order valence-electron chi connectivity index (χ0n) is 9.40. The van der Waals surface area contributed by atoms with E-state index in [1.165, 1.54) is 5.56 Å². The summed E-state index contributed by atoms with van der Waals surface area (Å²) in [6.45, 7) is 6.10. The van der Waals surface area contributed by atoms with E-state index in [9.17, 15) is 0 Å². The van der Waals surface area contributed by atoms with Crippen LogP contribution in [0.5, 0.6) is 0 Å². The Kier molecular flexibility index (Phi) is 4.54. The highest BCUT2D eigenvalue weighted by Gasteiger charge is 2.01. The predicted molar refractivity (Wildman–Crippen MR) is 60.5 cm³/mol. The normalized spacial score (nSPS) is 9.27. The average molecular weight is 204 g/mol. The lowest BCUT2D eigenvalue weighted by atomic mass is 10.2. The Bertz CT molecular complexity index is 365. The number of aryl methyl sites for hydroxylation is 1. The van der Waals surface area contributed by atoms with Gasteiger partial charge in [-0.2, -0.15) is 0 Å². The van der Waals surface area contributed by atoms with Crippen molar-refractivity contribution in [2.75, 3.05) is 0 Å². The quantitative estimate of drug-likeness (QED) is 0.753. The van der Waals surface area contributed by atoms with Gasteiger partial charge in [0.05, 0.1) is 6.20 Å². The first-order valence-corrected chi connectivity index (χ1v) is 5.26. The third-order valence-electron chi connectivity index (χ3n) is 1.92. The monoisotopic (exact) mass is 204 g/mol. The van der Waals surface area contributed by atoms with E-state index in [2.05, 4.69) is 17.1 Å². The Morgan fingerprint density at radius 2 is 2.00 bits per heavy atom. The highest BCUT2D eigenvalue weighted by molar-refractivity contribution is 5.50. The van der Waals surface area contributed by atoms with Gasteiger partial charge in [0, 0.05) is 12.3 Å². The van der Waals surface area contributed by atoms with Gasteiger partial charge in [0.1, 0.15) is 5.69 Å². The molecule has 0 aromatic carbocycles. The predicted octanol–water partition coefficient (Wildman–Crippen LogP) is 3.33. The van der Waals surface area contributed by atoms with Crippen LogP contribution in [-0.4, -0.2) is 10.1 Å². The molecule has 80 valence electrons. The van der Waals surface area contributed by atoms with Crippen molar-refractivity contribution >= 4 is 0 Å². The summed E-state index contributed by atoms with van der Waals surface area (Å²) in [5, 5.41) is 3.63. The van der Waals surface area contributed by atoms with E-state index in [0.29, 0.717) is 5.76 Å². The SMILES string of the molecule is CC.CCc1ccc(-c2ccno2)nc1. The summed E-state index contributed by atoms with van der Waals surface area (Å²) in [6.07, 6.45) is 4.48. The van der Waals surface area contributed by atoms with Gasteiger partial charge in [-0.25, -0.2) is 0 Å². The molecule has 0 aliphatic rings. The van der Waals surface area contributed by atoms with Crippen molar-refractivity contribution in [3.63, 3.8) is 0 Å². The second-order valence-electron chi connectivity index (χ2n) is 2.78. The van der Waals surface area contributed by atoms with E-state index in [1.807, 2.05) is 32.2 Å². The Morgan fingerprint density at radius 1 is 1.20 bits per heavy atom. The highest BCUT2D eigenvalue weighted by Crippen LogP contribution is 2.15. The first-order valence-electron chi connectivity index (χ1n) is 5.26. The van der Waals surface area contributed by atoms with Crippen molar-refractivity contribution < 1.29 is 4.52 Å². The maximum absolute atomic E-state index is 4.98. The van der Waals surface area contributed by atoms with Crippen LogP contribution in [0.15, 0.2) is 35.1 Å². The van der Waals surface area contributed by atoms with Gasteiger partial charge in [-0.15, -0.1) is 0 Å². The largest absolute Gasteiger partial charge is 0.355 e. The van der Waals surface area contributed by atoms with E-state index >= 15 is 0 Å². The van der Waals surface area contributed by atoms with Gasteiger partial charge in [0.25, 0.3) is 0 Å². The second-order valence-corrected chi connectivity index (χ2v) is 2.78. The van der Waals surface area contributed by atoms with Crippen LogP contribution in [0, 0.1) is 0 Å². The van der Waals surface area contributed by atoms with Crippen molar-refractivity contribution in [3.8, 4) is 11.5 Å². The number of nitrogens with zero attached hydrogens (tertiary/aromatic N) is 2. The summed E-state index contributed by atoms with van der Waals surface area (Å²) in [4.78, 5) is 4.26. The van der Waals surface area contributed by atoms with E-state index in [4.69, 9.17) is 4.52 Å². The zero-order chi connectivity index (χ0) is 11.1. The van der Waals surface area contributed by atoms with Gasteiger partial charge in [-0.3, -0.25) is 4.98 Å². The van der Waals surface area contributed by atoms with Crippen molar-refractivity contribution in [1.82, 2.24) is 10.1 Å². The first kappa shape index (κ1) is 11.4. The summed E-state index contributed by atoms with van der Waals surface area (Å²) in [5.41, 5.74) is 2.05. The van der Waals surface area contributed by atoms with E-state index in [0.717, 1.165) is 12.1 Å². The molecule has 0 bridgehead atoms. The maximum atomic E-state index is 4.98. The molecule has 3 nitrogen and oxygen atoms in total. The molecule has 0 aliphatic heterocycles. The Balaban J connectivity index is 0.000000531. The van der Waals surface area contributed by atoms with Crippen LogP contribution >= 0.6 is 0 Å². The molecule has 0 unspecified atom stereocenters.